The predicted octanol–water partition coefficient (Wildman–Crippen LogP) is 3.91. The number of urea groups is 1. The molecule has 0 unspecified atom stereocenters. The third-order valence-electron chi connectivity index (χ3n) is 6.43. The van der Waals surface area contributed by atoms with Gasteiger partial charge >= 0.3 is 6.03 Å². The summed E-state index contributed by atoms with van der Waals surface area (Å²) in [5, 5.41) is 9.30. The average Bonchev–Trinajstić information content (AvgIpc) is 3.32. The monoisotopic (exact) mass is 529 g/mol. The number of carbonyl (C=O) groups is 2. The maximum absolute atomic E-state index is 14.8. The van der Waals surface area contributed by atoms with Crippen LogP contribution in [-0.4, -0.2) is 84.4 Å². The van der Waals surface area contributed by atoms with E-state index < -0.39 is 17.8 Å². The summed E-state index contributed by atoms with van der Waals surface area (Å²) in [7, 11) is 0. The summed E-state index contributed by atoms with van der Waals surface area (Å²) < 4.78 is 20.2. The van der Waals surface area contributed by atoms with Crippen LogP contribution in [0.15, 0.2) is 53.6 Å². The number of hydrogen-bond acceptors (Lipinski definition) is 5. The average molecular weight is 530 g/mol. The number of nitrogens with one attached hydrogen (secondary N) is 1. The van der Waals surface area contributed by atoms with Crippen LogP contribution < -0.4 is 5.32 Å². The molecular weight excluding hydrogens is 497 g/mol. The number of rotatable bonds is 8. The van der Waals surface area contributed by atoms with Crippen LogP contribution in [0, 0.1) is 5.82 Å². The molecule has 10 heteroatoms. The molecule has 0 aromatic heterocycles. The highest BCUT2D eigenvalue weighted by Gasteiger charge is 2.36. The maximum Gasteiger partial charge on any atom is 0.318 e. The van der Waals surface area contributed by atoms with Gasteiger partial charge in [0, 0.05) is 54.8 Å². The smallest absolute Gasteiger partial charge is 0.318 e. The second-order valence-electron chi connectivity index (χ2n) is 9.49. The Labute approximate surface area is 222 Å². The van der Waals surface area contributed by atoms with E-state index in [-0.39, 0.29) is 18.6 Å². The normalized spacial score (nSPS) is 18.1. The van der Waals surface area contributed by atoms with Crippen LogP contribution in [0.25, 0.3) is 0 Å². The Hall–Kier alpha value is -3.01. The van der Waals surface area contributed by atoms with E-state index in [1.807, 2.05) is 32.0 Å². The van der Waals surface area contributed by atoms with E-state index in [0.29, 0.717) is 54.6 Å². The Kier molecular flexibility index (Phi) is 9.13. The van der Waals surface area contributed by atoms with Crippen molar-refractivity contribution in [1.82, 2.24) is 20.1 Å². The first-order valence-electron chi connectivity index (χ1n) is 12.6. The topological polar surface area (TPSA) is 77.5 Å². The van der Waals surface area contributed by atoms with Crippen LogP contribution in [-0.2, 0) is 9.53 Å². The Balaban J connectivity index is 1.58. The van der Waals surface area contributed by atoms with Gasteiger partial charge in [-0.25, -0.2) is 14.2 Å². The first kappa shape index (κ1) is 27.0. The fraction of sp³-hybridized carbons (Fsp3) is 0.444. The number of nitrogens with zero attached hydrogens (tertiary/aromatic N) is 4. The van der Waals surface area contributed by atoms with Crippen LogP contribution in [0.5, 0.6) is 0 Å². The molecule has 4 rings (SSSR count). The molecule has 1 saturated heterocycles. The van der Waals surface area contributed by atoms with Crippen molar-refractivity contribution in [2.24, 2.45) is 5.10 Å². The molecule has 198 valence electrons. The summed E-state index contributed by atoms with van der Waals surface area (Å²) >= 11 is 6.41. The van der Waals surface area contributed by atoms with E-state index in [0.717, 1.165) is 13.1 Å². The van der Waals surface area contributed by atoms with Gasteiger partial charge < -0.3 is 15.0 Å². The van der Waals surface area contributed by atoms with E-state index in [1.54, 1.807) is 24.3 Å². The predicted molar refractivity (Wildman–Crippen MR) is 141 cm³/mol. The number of morpholine rings is 1. The summed E-state index contributed by atoms with van der Waals surface area (Å²) in [4.78, 5) is 30.4. The first-order valence-corrected chi connectivity index (χ1v) is 13.0. The highest BCUT2D eigenvalue weighted by molar-refractivity contribution is 6.34. The van der Waals surface area contributed by atoms with Gasteiger partial charge in [-0.15, -0.1) is 0 Å². The Bertz CT molecular complexity index is 1140. The molecular formula is C27H33ClFN5O3. The zero-order valence-electron chi connectivity index (χ0n) is 21.2. The highest BCUT2D eigenvalue weighted by atomic mass is 35.5. The molecule has 2 aromatic carbocycles. The minimum Gasteiger partial charge on any atom is -0.379 e. The van der Waals surface area contributed by atoms with Crippen LogP contribution in [0.2, 0.25) is 5.02 Å². The van der Waals surface area contributed by atoms with E-state index >= 15 is 0 Å². The number of carbonyl (C=O) groups excluding carboxylic acids is 2. The number of hydrazone groups is 1. The quantitative estimate of drug-likeness (QED) is 0.562. The fourth-order valence-electron chi connectivity index (χ4n) is 4.50. The third kappa shape index (κ3) is 6.85. The summed E-state index contributed by atoms with van der Waals surface area (Å²) in [5.74, 6) is -0.807. The number of halogens is 2. The van der Waals surface area contributed by atoms with Crippen LogP contribution in [0.4, 0.5) is 9.18 Å². The van der Waals surface area contributed by atoms with Crippen molar-refractivity contribution in [2.75, 3.05) is 45.9 Å². The lowest BCUT2D eigenvalue weighted by Gasteiger charge is -2.31. The Morgan fingerprint density at radius 2 is 1.86 bits per heavy atom. The van der Waals surface area contributed by atoms with Crippen molar-refractivity contribution in [2.45, 2.75) is 32.4 Å². The molecule has 0 radical (unpaired) electrons. The van der Waals surface area contributed by atoms with Crippen LogP contribution >= 0.6 is 11.6 Å². The highest BCUT2D eigenvalue weighted by Crippen LogP contribution is 2.35. The molecule has 0 saturated carbocycles. The zero-order chi connectivity index (χ0) is 26.4. The molecule has 0 spiro atoms. The van der Waals surface area contributed by atoms with Gasteiger partial charge in [-0.05, 0) is 26.0 Å². The molecule has 0 aliphatic carbocycles. The molecule has 2 aliphatic rings. The lowest BCUT2D eigenvalue weighted by atomic mass is 9.98. The van der Waals surface area contributed by atoms with Crippen molar-refractivity contribution in [1.29, 1.82) is 0 Å². The van der Waals surface area contributed by atoms with E-state index in [9.17, 15) is 14.0 Å². The minimum atomic E-state index is -0.644. The van der Waals surface area contributed by atoms with E-state index in [2.05, 4.69) is 15.3 Å². The third-order valence-corrected chi connectivity index (χ3v) is 6.76. The van der Waals surface area contributed by atoms with Crippen molar-refractivity contribution in [3.05, 3.63) is 70.5 Å². The SMILES string of the molecule is CC(C)NC(=O)N(CCN1CCOCC1)CC(=O)N1N=C(c2ccccc2Cl)C[C@H]1c1ccccc1F. The molecule has 1 atom stereocenters. The number of amides is 3. The van der Waals surface area contributed by atoms with Gasteiger partial charge in [0.05, 0.1) is 25.0 Å². The van der Waals surface area contributed by atoms with Crippen LogP contribution in [0.1, 0.15) is 37.4 Å². The molecule has 0 bridgehead atoms. The zero-order valence-corrected chi connectivity index (χ0v) is 22.0. The fourth-order valence-corrected chi connectivity index (χ4v) is 4.74. The lowest BCUT2D eigenvalue weighted by Crippen LogP contribution is -2.50. The summed E-state index contributed by atoms with van der Waals surface area (Å²) in [6.07, 6.45) is 0.308. The summed E-state index contributed by atoms with van der Waals surface area (Å²) in [5.41, 5.74) is 1.66. The van der Waals surface area contributed by atoms with Gasteiger partial charge in [0.1, 0.15) is 12.4 Å². The van der Waals surface area contributed by atoms with E-state index in [4.69, 9.17) is 16.3 Å². The van der Waals surface area contributed by atoms with Crippen molar-refractivity contribution >= 4 is 29.3 Å². The molecule has 2 heterocycles. The van der Waals surface area contributed by atoms with Gasteiger partial charge in [0.15, 0.2) is 0 Å². The Morgan fingerprint density at radius 3 is 2.57 bits per heavy atom. The number of ether oxygens (including phenoxy) is 1. The molecule has 8 nitrogen and oxygen atoms in total. The second-order valence-corrected chi connectivity index (χ2v) is 9.89. The van der Waals surface area contributed by atoms with Crippen molar-refractivity contribution < 1.29 is 18.7 Å². The first-order chi connectivity index (χ1) is 17.8. The largest absolute Gasteiger partial charge is 0.379 e. The Morgan fingerprint density at radius 1 is 1.16 bits per heavy atom. The number of benzene rings is 2. The van der Waals surface area contributed by atoms with E-state index in [1.165, 1.54) is 16.0 Å². The molecule has 1 fully saturated rings. The van der Waals surface area contributed by atoms with Gasteiger partial charge in [0.2, 0.25) is 0 Å². The second kappa shape index (κ2) is 12.5. The number of hydrogen-bond donors (Lipinski definition) is 1. The molecule has 2 aromatic rings. The van der Waals surface area contributed by atoms with Crippen molar-refractivity contribution in [3.63, 3.8) is 0 Å². The van der Waals surface area contributed by atoms with Crippen molar-refractivity contribution in [3.8, 4) is 0 Å². The van der Waals surface area contributed by atoms with Crippen LogP contribution in [0.3, 0.4) is 0 Å². The minimum absolute atomic E-state index is 0.0868. The van der Waals surface area contributed by atoms with Gasteiger partial charge in [-0.3, -0.25) is 9.69 Å². The van der Waals surface area contributed by atoms with Gasteiger partial charge in [0.25, 0.3) is 5.91 Å². The van der Waals surface area contributed by atoms with Gasteiger partial charge in [-0.2, -0.15) is 5.10 Å². The molecule has 37 heavy (non-hydrogen) atoms. The summed E-state index contributed by atoms with van der Waals surface area (Å²) in [6.45, 7) is 7.39. The summed E-state index contributed by atoms with van der Waals surface area (Å²) in [6, 6.07) is 12.6. The van der Waals surface area contributed by atoms with Gasteiger partial charge in [-0.1, -0.05) is 48.0 Å². The standard InChI is InChI=1S/C27H33ClFN5O3/c1-19(2)30-27(36)33(12-11-32-13-15-37-16-14-32)18-26(35)34-25(21-8-4-6-10-23(21)29)17-24(31-34)20-7-3-5-9-22(20)28/h3-10,19,25H,11-18H2,1-2H3,(H,30,36)/t25-/m0/s1. The molecule has 3 amide bonds. The molecule has 1 N–H and O–H groups in total. The molecule has 2 aliphatic heterocycles. The maximum atomic E-state index is 14.8. The lowest BCUT2D eigenvalue weighted by molar-refractivity contribution is -0.133.